The van der Waals surface area contributed by atoms with E-state index in [0.29, 0.717) is 12.8 Å². The third kappa shape index (κ3) is 5.40. The van der Waals surface area contributed by atoms with Gasteiger partial charge in [0.15, 0.2) is 0 Å². The first-order chi connectivity index (χ1) is 9.40. The standard InChI is InChI=1S/C15H22N2O3/c1-10(2)8-13(18)15(20)17-12(14(16)19)9-11-6-4-3-5-7-11/h3-7,10,12-13,18H,8-9H2,1-2H3,(H2,16,19)(H,17,20)/t12-,13-/m0/s1. The Balaban J connectivity index is 2.64. The van der Waals surface area contributed by atoms with E-state index < -0.39 is 24.0 Å². The first kappa shape index (κ1) is 16.2. The van der Waals surface area contributed by atoms with Gasteiger partial charge in [0.25, 0.3) is 0 Å². The summed E-state index contributed by atoms with van der Waals surface area (Å²) in [5.41, 5.74) is 6.20. The van der Waals surface area contributed by atoms with E-state index in [4.69, 9.17) is 5.73 Å². The van der Waals surface area contributed by atoms with Gasteiger partial charge in [-0.05, 0) is 17.9 Å². The molecule has 0 aromatic heterocycles. The van der Waals surface area contributed by atoms with E-state index in [1.165, 1.54) is 0 Å². The fourth-order valence-corrected chi connectivity index (χ4v) is 1.89. The number of carbonyl (C=O) groups excluding carboxylic acids is 2. The Bertz CT molecular complexity index is 446. The topological polar surface area (TPSA) is 92.4 Å². The number of amides is 2. The molecule has 1 rings (SSSR count). The molecule has 110 valence electrons. The number of rotatable bonds is 7. The first-order valence-electron chi connectivity index (χ1n) is 6.71. The van der Waals surface area contributed by atoms with Gasteiger partial charge in [-0.2, -0.15) is 0 Å². The maximum atomic E-state index is 11.8. The van der Waals surface area contributed by atoms with Gasteiger partial charge in [0, 0.05) is 6.42 Å². The number of hydrogen-bond donors (Lipinski definition) is 3. The Kier molecular flexibility index (Phi) is 6.18. The van der Waals surface area contributed by atoms with Crippen molar-refractivity contribution in [1.82, 2.24) is 5.32 Å². The molecule has 1 aromatic carbocycles. The van der Waals surface area contributed by atoms with Crippen molar-refractivity contribution in [3.05, 3.63) is 35.9 Å². The van der Waals surface area contributed by atoms with Gasteiger partial charge in [-0.25, -0.2) is 0 Å². The molecule has 0 spiro atoms. The molecule has 4 N–H and O–H groups in total. The van der Waals surface area contributed by atoms with Crippen LogP contribution in [0.2, 0.25) is 0 Å². The summed E-state index contributed by atoms with van der Waals surface area (Å²) in [5.74, 6) is -0.978. The van der Waals surface area contributed by atoms with Gasteiger partial charge in [-0.1, -0.05) is 44.2 Å². The van der Waals surface area contributed by atoms with Crippen molar-refractivity contribution in [2.75, 3.05) is 0 Å². The number of primary amides is 1. The van der Waals surface area contributed by atoms with Crippen molar-refractivity contribution in [2.24, 2.45) is 11.7 Å². The highest BCUT2D eigenvalue weighted by Crippen LogP contribution is 2.07. The molecule has 20 heavy (non-hydrogen) atoms. The highest BCUT2D eigenvalue weighted by Gasteiger charge is 2.23. The molecule has 1 aromatic rings. The number of hydrogen-bond acceptors (Lipinski definition) is 3. The highest BCUT2D eigenvalue weighted by molar-refractivity contribution is 5.88. The van der Waals surface area contributed by atoms with E-state index in [2.05, 4.69) is 5.32 Å². The number of aliphatic hydroxyl groups excluding tert-OH is 1. The summed E-state index contributed by atoms with van der Waals surface area (Å²) in [6.45, 7) is 3.82. The molecule has 2 atom stereocenters. The monoisotopic (exact) mass is 278 g/mol. The molecule has 0 aliphatic carbocycles. The second-order valence-corrected chi connectivity index (χ2v) is 5.30. The minimum atomic E-state index is -1.12. The lowest BCUT2D eigenvalue weighted by atomic mass is 10.0. The zero-order chi connectivity index (χ0) is 15.1. The van der Waals surface area contributed by atoms with Crippen LogP contribution in [0.4, 0.5) is 0 Å². The normalized spacial score (nSPS) is 13.8. The van der Waals surface area contributed by atoms with Gasteiger partial charge >= 0.3 is 0 Å². The molecule has 0 aliphatic rings. The highest BCUT2D eigenvalue weighted by atomic mass is 16.3. The Morgan fingerprint density at radius 1 is 1.25 bits per heavy atom. The van der Waals surface area contributed by atoms with Crippen LogP contribution in [0, 0.1) is 5.92 Å². The SMILES string of the molecule is CC(C)C[C@H](O)C(=O)N[C@@H](Cc1ccccc1)C(N)=O. The van der Waals surface area contributed by atoms with Gasteiger partial charge in [0.1, 0.15) is 12.1 Å². The summed E-state index contributed by atoms with van der Waals surface area (Å²) in [6.07, 6.45) is -0.452. The number of nitrogens with two attached hydrogens (primary N) is 1. The molecule has 0 heterocycles. The predicted octanol–water partition coefficient (Wildman–Crippen LogP) is 0.606. The molecular formula is C15H22N2O3. The van der Waals surface area contributed by atoms with Gasteiger partial charge in [0.2, 0.25) is 11.8 Å². The number of aliphatic hydroxyl groups is 1. The molecule has 0 bridgehead atoms. The van der Waals surface area contributed by atoms with Crippen molar-refractivity contribution in [3.8, 4) is 0 Å². The third-order valence-corrected chi connectivity index (χ3v) is 2.94. The fourth-order valence-electron chi connectivity index (χ4n) is 1.89. The van der Waals surface area contributed by atoms with Crippen molar-refractivity contribution >= 4 is 11.8 Å². The van der Waals surface area contributed by atoms with E-state index in [-0.39, 0.29) is 5.92 Å². The van der Waals surface area contributed by atoms with E-state index in [9.17, 15) is 14.7 Å². The third-order valence-electron chi connectivity index (χ3n) is 2.94. The summed E-state index contributed by atoms with van der Waals surface area (Å²) < 4.78 is 0. The minimum absolute atomic E-state index is 0.192. The molecule has 0 saturated heterocycles. The molecule has 5 nitrogen and oxygen atoms in total. The second kappa shape index (κ2) is 7.65. The molecule has 0 unspecified atom stereocenters. The Morgan fingerprint density at radius 3 is 2.35 bits per heavy atom. The molecule has 2 amide bonds. The van der Waals surface area contributed by atoms with Crippen LogP contribution in [0.15, 0.2) is 30.3 Å². The van der Waals surface area contributed by atoms with E-state index in [1.54, 1.807) is 0 Å². The van der Waals surface area contributed by atoms with Crippen LogP contribution < -0.4 is 11.1 Å². The lowest BCUT2D eigenvalue weighted by molar-refractivity contribution is -0.133. The summed E-state index contributed by atoms with van der Waals surface area (Å²) in [7, 11) is 0. The molecule has 5 heteroatoms. The van der Waals surface area contributed by atoms with E-state index in [1.807, 2.05) is 44.2 Å². The second-order valence-electron chi connectivity index (χ2n) is 5.30. The van der Waals surface area contributed by atoms with E-state index >= 15 is 0 Å². The largest absolute Gasteiger partial charge is 0.383 e. The summed E-state index contributed by atoms with van der Waals surface area (Å²) in [5, 5.41) is 12.2. The van der Waals surface area contributed by atoms with Crippen LogP contribution in [-0.2, 0) is 16.0 Å². The quantitative estimate of drug-likeness (QED) is 0.682. The smallest absolute Gasteiger partial charge is 0.249 e. The molecule has 0 fully saturated rings. The number of nitrogens with one attached hydrogen (secondary N) is 1. The molecule has 0 saturated carbocycles. The fraction of sp³-hybridized carbons (Fsp3) is 0.467. The Hall–Kier alpha value is -1.88. The van der Waals surface area contributed by atoms with Gasteiger partial charge < -0.3 is 16.2 Å². The first-order valence-corrected chi connectivity index (χ1v) is 6.71. The summed E-state index contributed by atoms with van der Waals surface area (Å²) in [4.78, 5) is 23.2. The van der Waals surface area contributed by atoms with Crippen molar-refractivity contribution in [3.63, 3.8) is 0 Å². The van der Waals surface area contributed by atoms with Gasteiger partial charge in [-0.3, -0.25) is 9.59 Å². The number of benzene rings is 1. The number of carbonyl (C=O) groups is 2. The zero-order valence-electron chi connectivity index (χ0n) is 11.9. The average molecular weight is 278 g/mol. The minimum Gasteiger partial charge on any atom is -0.383 e. The predicted molar refractivity (Wildman–Crippen MR) is 76.7 cm³/mol. The van der Waals surface area contributed by atoms with Crippen LogP contribution in [0.1, 0.15) is 25.8 Å². The van der Waals surface area contributed by atoms with Gasteiger partial charge in [0.05, 0.1) is 0 Å². The van der Waals surface area contributed by atoms with Crippen LogP contribution in [0.25, 0.3) is 0 Å². The maximum Gasteiger partial charge on any atom is 0.249 e. The van der Waals surface area contributed by atoms with E-state index in [0.717, 1.165) is 5.56 Å². The summed E-state index contributed by atoms with van der Waals surface area (Å²) in [6, 6.07) is 8.46. The van der Waals surface area contributed by atoms with Gasteiger partial charge in [-0.15, -0.1) is 0 Å². The van der Waals surface area contributed by atoms with Crippen molar-refractivity contribution < 1.29 is 14.7 Å². The Labute approximate surface area is 119 Å². The van der Waals surface area contributed by atoms with Crippen LogP contribution >= 0.6 is 0 Å². The maximum absolute atomic E-state index is 11.8. The molecule has 0 radical (unpaired) electrons. The average Bonchev–Trinajstić information content (AvgIpc) is 2.38. The summed E-state index contributed by atoms with van der Waals surface area (Å²) >= 11 is 0. The van der Waals surface area contributed by atoms with Crippen LogP contribution in [0.3, 0.4) is 0 Å². The lowest BCUT2D eigenvalue weighted by Crippen LogP contribution is -2.49. The van der Waals surface area contributed by atoms with Crippen LogP contribution in [0.5, 0.6) is 0 Å². The molecule has 0 aliphatic heterocycles. The zero-order valence-corrected chi connectivity index (χ0v) is 11.9. The van der Waals surface area contributed by atoms with Crippen molar-refractivity contribution in [2.45, 2.75) is 38.8 Å². The Morgan fingerprint density at radius 2 is 1.85 bits per heavy atom. The lowest BCUT2D eigenvalue weighted by Gasteiger charge is -2.19. The van der Waals surface area contributed by atoms with Crippen molar-refractivity contribution in [1.29, 1.82) is 0 Å². The van der Waals surface area contributed by atoms with Crippen LogP contribution in [-0.4, -0.2) is 29.1 Å². The molecular weight excluding hydrogens is 256 g/mol.